The molecule has 0 unspecified atom stereocenters. The van der Waals surface area contributed by atoms with E-state index < -0.39 is 0 Å². The van der Waals surface area contributed by atoms with Crippen LogP contribution in [0.3, 0.4) is 0 Å². The smallest absolute Gasteiger partial charge is 0.292 e. The number of hydrogen-bond donors (Lipinski definition) is 0. The second-order valence-corrected chi connectivity index (χ2v) is 6.43. The van der Waals surface area contributed by atoms with Crippen molar-refractivity contribution in [3.63, 3.8) is 0 Å². The molecule has 1 amide bonds. The molecule has 0 spiro atoms. The van der Waals surface area contributed by atoms with Crippen LogP contribution in [0.5, 0.6) is 0 Å². The third-order valence-electron chi connectivity index (χ3n) is 3.96. The van der Waals surface area contributed by atoms with Crippen molar-refractivity contribution in [1.29, 1.82) is 0 Å². The van der Waals surface area contributed by atoms with Gasteiger partial charge in [0.15, 0.2) is 0 Å². The van der Waals surface area contributed by atoms with Crippen molar-refractivity contribution in [3.8, 4) is 0 Å². The molecule has 0 saturated carbocycles. The van der Waals surface area contributed by atoms with Gasteiger partial charge in [0.25, 0.3) is 5.69 Å². The van der Waals surface area contributed by atoms with E-state index in [4.69, 9.17) is 0 Å². The minimum absolute atomic E-state index is 0.00945. The number of tetrazole rings is 1. The minimum Gasteiger partial charge on any atom is -0.362 e. The number of nitro benzene ring substituents is 1. The Balaban J connectivity index is 1.56. The number of rotatable bonds is 5. The third kappa shape index (κ3) is 3.87. The number of carbonyl (C=O) groups excluding carboxylic acids is 1. The number of piperazine rings is 1. The Morgan fingerprint density at radius 2 is 2.00 bits per heavy atom. The zero-order valence-electron chi connectivity index (χ0n) is 13.6. The van der Waals surface area contributed by atoms with Gasteiger partial charge in [-0.05, 0) is 16.5 Å². The Labute approximate surface area is 147 Å². The number of carbonyl (C=O) groups is 1. The molecule has 25 heavy (non-hydrogen) atoms. The number of nitrogens with zero attached hydrogens (tertiary/aromatic N) is 7. The summed E-state index contributed by atoms with van der Waals surface area (Å²) in [5.41, 5.74) is 0.687. The molecule has 132 valence electrons. The lowest BCUT2D eigenvalue weighted by atomic mass is 10.2. The Morgan fingerprint density at radius 3 is 2.64 bits per heavy atom. The average Bonchev–Trinajstić information content (AvgIpc) is 3.04. The highest BCUT2D eigenvalue weighted by Gasteiger charge is 2.25. The van der Waals surface area contributed by atoms with Gasteiger partial charge >= 0.3 is 0 Å². The first-order valence-corrected chi connectivity index (χ1v) is 8.66. The van der Waals surface area contributed by atoms with Crippen molar-refractivity contribution in [2.75, 3.05) is 36.8 Å². The van der Waals surface area contributed by atoms with Crippen LogP contribution in [0.1, 0.15) is 0 Å². The standard InChI is InChI=1S/C14H17N7O3S/c1-18-14(15-16-17-18)25-10-13(22)20-8-6-19(7-9-20)11-4-2-3-5-12(11)21(23)24/h2-5H,6-10H2,1H3. The second kappa shape index (κ2) is 7.47. The van der Waals surface area contributed by atoms with Gasteiger partial charge in [0.05, 0.1) is 10.7 Å². The number of amides is 1. The summed E-state index contributed by atoms with van der Waals surface area (Å²) >= 11 is 1.29. The Bertz CT molecular complexity index is 773. The summed E-state index contributed by atoms with van der Waals surface area (Å²) < 4.78 is 1.52. The predicted molar refractivity (Wildman–Crippen MR) is 91.4 cm³/mol. The van der Waals surface area contributed by atoms with Crippen LogP contribution in [0.2, 0.25) is 0 Å². The number of para-hydroxylation sites is 2. The van der Waals surface area contributed by atoms with Crippen molar-refractivity contribution >= 4 is 29.0 Å². The molecule has 1 fully saturated rings. The lowest BCUT2D eigenvalue weighted by Gasteiger charge is -2.35. The van der Waals surface area contributed by atoms with Crippen molar-refractivity contribution in [3.05, 3.63) is 34.4 Å². The molecule has 1 aliphatic heterocycles. The quantitative estimate of drug-likeness (QED) is 0.430. The Kier molecular flexibility index (Phi) is 5.12. The first kappa shape index (κ1) is 17.1. The molecule has 0 bridgehead atoms. The number of aryl methyl sites for hydroxylation is 1. The zero-order valence-corrected chi connectivity index (χ0v) is 14.4. The summed E-state index contributed by atoms with van der Waals surface area (Å²) in [6.07, 6.45) is 0. The van der Waals surface area contributed by atoms with Crippen LogP contribution in [-0.2, 0) is 11.8 Å². The molecule has 11 heteroatoms. The molecule has 0 N–H and O–H groups in total. The number of nitro groups is 1. The maximum absolute atomic E-state index is 12.3. The topological polar surface area (TPSA) is 110 Å². The molecule has 2 heterocycles. The fraction of sp³-hybridized carbons (Fsp3) is 0.429. The maximum atomic E-state index is 12.3. The summed E-state index contributed by atoms with van der Waals surface area (Å²) in [5.74, 6) is 0.273. The van der Waals surface area contributed by atoms with Crippen LogP contribution in [0.4, 0.5) is 11.4 Å². The van der Waals surface area contributed by atoms with Gasteiger partial charge in [0, 0.05) is 39.3 Å². The van der Waals surface area contributed by atoms with E-state index in [0.717, 1.165) is 0 Å². The van der Waals surface area contributed by atoms with Crippen molar-refractivity contribution in [2.24, 2.45) is 7.05 Å². The van der Waals surface area contributed by atoms with E-state index in [2.05, 4.69) is 15.5 Å². The van der Waals surface area contributed by atoms with Gasteiger partial charge in [-0.3, -0.25) is 14.9 Å². The molecular weight excluding hydrogens is 346 g/mol. The van der Waals surface area contributed by atoms with Gasteiger partial charge in [0.1, 0.15) is 5.69 Å². The van der Waals surface area contributed by atoms with Crippen LogP contribution in [-0.4, -0.2) is 67.9 Å². The second-order valence-electron chi connectivity index (χ2n) is 5.49. The van der Waals surface area contributed by atoms with E-state index in [1.54, 1.807) is 30.1 Å². The highest BCUT2D eigenvalue weighted by molar-refractivity contribution is 7.99. The van der Waals surface area contributed by atoms with Crippen LogP contribution in [0, 0.1) is 10.1 Å². The summed E-state index contributed by atoms with van der Waals surface area (Å²) in [5, 5.41) is 22.8. The summed E-state index contributed by atoms with van der Waals surface area (Å²) in [4.78, 5) is 26.8. The molecule has 1 aromatic carbocycles. The average molecular weight is 363 g/mol. The van der Waals surface area contributed by atoms with Crippen LogP contribution in [0.15, 0.2) is 29.4 Å². The molecular formula is C14H17N7O3S. The number of anilines is 1. The minimum atomic E-state index is -0.377. The van der Waals surface area contributed by atoms with E-state index in [0.29, 0.717) is 37.0 Å². The fourth-order valence-electron chi connectivity index (χ4n) is 2.64. The van der Waals surface area contributed by atoms with Gasteiger partial charge in [-0.2, -0.15) is 0 Å². The maximum Gasteiger partial charge on any atom is 0.292 e. The third-order valence-corrected chi connectivity index (χ3v) is 4.95. The Hall–Kier alpha value is -2.69. The monoisotopic (exact) mass is 363 g/mol. The van der Waals surface area contributed by atoms with Crippen LogP contribution < -0.4 is 4.90 Å². The highest BCUT2D eigenvalue weighted by atomic mass is 32.2. The van der Waals surface area contributed by atoms with Gasteiger partial charge in [-0.1, -0.05) is 23.9 Å². The van der Waals surface area contributed by atoms with Crippen LogP contribution >= 0.6 is 11.8 Å². The first-order chi connectivity index (χ1) is 12.1. The van der Waals surface area contributed by atoms with Crippen molar-refractivity contribution in [1.82, 2.24) is 25.1 Å². The molecule has 2 aromatic rings. The lowest BCUT2D eigenvalue weighted by Crippen LogP contribution is -2.49. The Morgan fingerprint density at radius 1 is 1.28 bits per heavy atom. The summed E-state index contributed by atoms with van der Waals surface area (Å²) in [7, 11) is 1.72. The molecule has 1 saturated heterocycles. The zero-order chi connectivity index (χ0) is 17.8. The molecule has 3 rings (SSSR count). The number of thioether (sulfide) groups is 1. The molecule has 0 atom stereocenters. The molecule has 1 aromatic heterocycles. The van der Waals surface area contributed by atoms with Gasteiger partial charge in [0.2, 0.25) is 11.1 Å². The van der Waals surface area contributed by atoms with Crippen molar-refractivity contribution in [2.45, 2.75) is 5.16 Å². The van der Waals surface area contributed by atoms with Gasteiger partial charge < -0.3 is 9.80 Å². The molecule has 10 nitrogen and oxygen atoms in total. The highest BCUT2D eigenvalue weighted by Crippen LogP contribution is 2.28. The summed E-state index contributed by atoms with van der Waals surface area (Å²) in [6.45, 7) is 2.19. The summed E-state index contributed by atoms with van der Waals surface area (Å²) in [6, 6.07) is 6.68. The van der Waals surface area contributed by atoms with E-state index in [1.807, 2.05) is 4.90 Å². The SMILES string of the molecule is Cn1nnnc1SCC(=O)N1CCN(c2ccccc2[N+](=O)[O-])CC1. The number of benzene rings is 1. The van der Waals surface area contributed by atoms with E-state index >= 15 is 0 Å². The number of aromatic nitrogens is 4. The molecule has 0 radical (unpaired) electrons. The van der Waals surface area contributed by atoms with E-state index in [9.17, 15) is 14.9 Å². The predicted octanol–water partition coefficient (Wildman–Crippen LogP) is 0.559. The molecule has 1 aliphatic rings. The number of hydrogen-bond acceptors (Lipinski definition) is 8. The largest absolute Gasteiger partial charge is 0.362 e. The lowest BCUT2D eigenvalue weighted by molar-refractivity contribution is -0.384. The fourth-order valence-corrected chi connectivity index (χ4v) is 3.40. The van der Waals surface area contributed by atoms with Crippen molar-refractivity contribution < 1.29 is 9.72 Å². The van der Waals surface area contributed by atoms with E-state index in [-0.39, 0.29) is 22.3 Å². The van der Waals surface area contributed by atoms with Gasteiger partial charge in [-0.15, -0.1) is 5.10 Å². The van der Waals surface area contributed by atoms with E-state index in [1.165, 1.54) is 22.5 Å². The molecule has 0 aliphatic carbocycles. The van der Waals surface area contributed by atoms with Gasteiger partial charge in [-0.25, -0.2) is 4.68 Å². The first-order valence-electron chi connectivity index (χ1n) is 7.67. The normalized spacial score (nSPS) is 14.6. The van der Waals surface area contributed by atoms with Crippen LogP contribution in [0.25, 0.3) is 0 Å².